The Kier molecular flexibility index (Phi) is 9.46. The topological polar surface area (TPSA) is 55.8 Å². The number of hydrogen-bond acceptors (Lipinski definition) is 5. The molecule has 154 valence electrons. The second kappa shape index (κ2) is 11.6. The van der Waals surface area contributed by atoms with Gasteiger partial charge in [0.2, 0.25) is 0 Å². The average Bonchev–Trinajstić information content (AvgIpc) is 3.10. The van der Waals surface area contributed by atoms with Gasteiger partial charge in [0.25, 0.3) is 0 Å². The van der Waals surface area contributed by atoms with Gasteiger partial charge in [-0.2, -0.15) is 0 Å². The number of guanidine groups is 1. The van der Waals surface area contributed by atoms with Crippen LogP contribution in [-0.4, -0.2) is 55.6 Å². The lowest BCUT2D eigenvalue weighted by molar-refractivity contribution is 0.312. The molecule has 2 aromatic rings. The minimum atomic E-state index is 0. The van der Waals surface area contributed by atoms with E-state index in [0.29, 0.717) is 6.54 Å². The first-order valence-electron chi connectivity index (χ1n) is 9.60. The molecular weight excluding hydrogens is 483 g/mol. The van der Waals surface area contributed by atoms with Crippen LogP contribution in [-0.2, 0) is 13.1 Å². The van der Waals surface area contributed by atoms with Gasteiger partial charge in [-0.3, -0.25) is 0 Å². The van der Waals surface area contributed by atoms with Crippen LogP contribution in [0.15, 0.2) is 35.5 Å². The molecule has 3 heterocycles. The number of piperazine rings is 1. The molecule has 3 rings (SSSR count). The van der Waals surface area contributed by atoms with E-state index in [1.54, 1.807) is 0 Å². The van der Waals surface area contributed by atoms with Crippen molar-refractivity contribution in [2.45, 2.75) is 26.9 Å². The van der Waals surface area contributed by atoms with E-state index in [1.807, 2.05) is 23.6 Å². The van der Waals surface area contributed by atoms with Gasteiger partial charge in [0.15, 0.2) is 5.96 Å². The summed E-state index contributed by atoms with van der Waals surface area (Å²) in [5.41, 5.74) is 1.17. The first-order chi connectivity index (χ1) is 13.2. The molecule has 0 spiro atoms. The van der Waals surface area contributed by atoms with Gasteiger partial charge in [0.05, 0.1) is 13.1 Å². The van der Waals surface area contributed by atoms with Gasteiger partial charge in [-0.1, -0.05) is 6.07 Å². The van der Waals surface area contributed by atoms with Crippen molar-refractivity contribution >= 4 is 47.1 Å². The van der Waals surface area contributed by atoms with E-state index in [9.17, 15) is 0 Å². The molecule has 2 aromatic heterocycles. The number of rotatable bonds is 6. The lowest BCUT2D eigenvalue weighted by Crippen LogP contribution is -2.45. The maximum atomic E-state index is 4.80. The maximum Gasteiger partial charge on any atom is 0.191 e. The SMILES string of the molecule is CCNC(=NCc1cccnc1N1CCN(C)CC1)NCc1ccc(C)s1.I. The predicted molar refractivity (Wildman–Crippen MR) is 130 cm³/mol. The van der Waals surface area contributed by atoms with Crippen molar-refractivity contribution in [2.24, 2.45) is 4.99 Å². The van der Waals surface area contributed by atoms with Crippen molar-refractivity contribution in [1.29, 1.82) is 0 Å². The summed E-state index contributed by atoms with van der Waals surface area (Å²) < 4.78 is 0. The summed E-state index contributed by atoms with van der Waals surface area (Å²) in [7, 11) is 2.17. The number of likely N-dealkylation sites (N-methyl/N-ethyl adjacent to an activating group) is 1. The Morgan fingerprint density at radius 3 is 2.64 bits per heavy atom. The largest absolute Gasteiger partial charge is 0.357 e. The van der Waals surface area contributed by atoms with Gasteiger partial charge in [-0.25, -0.2) is 9.98 Å². The van der Waals surface area contributed by atoms with Crippen molar-refractivity contribution in [3.63, 3.8) is 0 Å². The van der Waals surface area contributed by atoms with Crippen LogP contribution in [0.5, 0.6) is 0 Å². The van der Waals surface area contributed by atoms with Gasteiger partial charge in [0, 0.05) is 54.2 Å². The zero-order valence-electron chi connectivity index (χ0n) is 16.9. The fourth-order valence-electron chi connectivity index (χ4n) is 3.11. The first-order valence-corrected chi connectivity index (χ1v) is 10.4. The van der Waals surface area contributed by atoms with Crippen LogP contribution >= 0.6 is 35.3 Å². The number of pyridine rings is 1. The number of halogens is 1. The standard InChI is InChI=1S/C20H30N6S.HI/c1-4-21-20(24-15-18-8-7-16(2)27-18)23-14-17-6-5-9-22-19(17)26-12-10-25(3)11-13-26;/h5-9H,4,10-15H2,1-3H3,(H2,21,23,24);1H. The number of nitrogens with zero attached hydrogens (tertiary/aromatic N) is 4. The Labute approximate surface area is 189 Å². The normalized spacial score (nSPS) is 15.2. The Balaban J connectivity index is 0.00000280. The zero-order valence-corrected chi connectivity index (χ0v) is 20.1. The molecule has 0 saturated carbocycles. The molecule has 0 amide bonds. The summed E-state index contributed by atoms with van der Waals surface area (Å²) in [5, 5.41) is 6.77. The Hall–Kier alpha value is -1.39. The number of thiophene rings is 1. The van der Waals surface area contributed by atoms with Gasteiger partial charge in [-0.15, -0.1) is 35.3 Å². The lowest BCUT2D eigenvalue weighted by Gasteiger charge is -2.34. The zero-order chi connectivity index (χ0) is 19.1. The summed E-state index contributed by atoms with van der Waals surface area (Å²) in [6, 6.07) is 8.46. The van der Waals surface area contributed by atoms with Crippen LogP contribution in [0.25, 0.3) is 0 Å². The van der Waals surface area contributed by atoms with Crippen molar-refractivity contribution in [1.82, 2.24) is 20.5 Å². The number of aliphatic imine (C=N–C) groups is 1. The molecule has 0 unspecified atom stereocenters. The number of hydrogen-bond donors (Lipinski definition) is 2. The summed E-state index contributed by atoms with van der Waals surface area (Å²) in [6.45, 7) is 10.7. The average molecular weight is 514 g/mol. The molecule has 1 aliphatic rings. The summed E-state index contributed by atoms with van der Waals surface area (Å²) >= 11 is 1.82. The van der Waals surface area contributed by atoms with Gasteiger partial charge in [-0.05, 0) is 39.1 Å². The van der Waals surface area contributed by atoms with E-state index >= 15 is 0 Å². The molecule has 28 heavy (non-hydrogen) atoms. The molecule has 1 fully saturated rings. The fraction of sp³-hybridized carbons (Fsp3) is 0.500. The second-order valence-electron chi connectivity index (χ2n) is 6.84. The molecule has 2 N–H and O–H groups in total. The first kappa shape index (κ1) is 22.9. The highest BCUT2D eigenvalue weighted by atomic mass is 127. The molecule has 1 saturated heterocycles. The molecular formula is C20H31IN6S. The lowest BCUT2D eigenvalue weighted by atomic mass is 10.2. The molecule has 0 aromatic carbocycles. The number of anilines is 1. The third-order valence-corrected chi connectivity index (χ3v) is 5.65. The van der Waals surface area contributed by atoms with E-state index in [2.05, 4.69) is 64.5 Å². The van der Waals surface area contributed by atoms with Crippen LogP contribution in [0.2, 0.25) is 0 Å². The quantitative estimate of drug-likeness (QED) is 0.353. The van der Waals surface area contributed by atoms with Crippen LogP contribution in [0.3, 0.4) is 0 Å². The van der Waals surface area contributed by atoms with Crippen molar-refractivity contribution in [3.05, 3.63) is 45.8 Å². The van der Waals surface area contributed by atoms with Crippen LogP contribution in [0.1, 0.15) is 22.2 Å². The molecule has 8 heteroatoms. The number of aromatic nitrogens is 1. The summed E-state index contributed by atoms with van der Waals surface area (Å²) in [5.74, 6) is 1.91. The van der Waals surface area contributed by atoms with E-state index in [0.717, 1.165) is 51.0 Å². The number of aryl methyl sites for hydroxylation is 1. The Morgan fingerprint density at radius 2 is 1.96 bits per heavy atom. The minimum Gasteiger partial charge on any atom is -0.357 e. The molecule has 0 bridgehead atoms. The molecule has 0 radical (unpaired) electrons. The highest BCUT2D eigenvalue weighted by Gasteiger charge is 2.17. The van der Waals surface area contributed by atoms with Crippen molar-refractivity contribution < 1.29 is 0 Å². The minimum absolute atomic E-state index is 0. The predicted octanol–water partition coefficient (Wildman–Crippen LogP) is 3.08. The fourth-order valence-corrected chi connectivity index (χ4v) is 3.94. The Bertz CT molecular complexity index is 755. The van der Waals surface area contributed by atoms with Crippen molar-refractivity contribution in [2.75, 3.05) is 44.7 Å². The third kappa shape index (κ3) is 6.59. The van der Waals surface area contributed by atoms with Crippen molar-refractivity contribution in [3.8, 4) is 0 Å². The van der Waals surface area contributed by atoms with Crippen LogP contribution < -0.4 is 15.5 Å². The van der Waals surface area contributed by atoms with Crippen LogP contribution in [0.4, 0.5) is 5.82 Å². The smallest absolute Gasteiger partial charge is 0.191 e. The van der Waals surface area contributed by atoms with Crippen LogP contribution in [0, 0.1) is 6.92 Å². The van der Waals surface area contributed by atoms with E-state index < -0.39 is 0 Å². The summed E-state index contributed by atoms with van der Waals surface area (Å²) in [4.78, 5) is 16.8. The highest BCUT2D eigenvalue weighted by Crippen LogP contribution is 2.19. The van der Waals surface area contributed by atoms with Gasteiger partial charge >= 0.3 is 0 Å². The molecule has 0 atom stereocenters. The van der Waals surface area contributed by atoms with Gasteiger partial charge < -0.3 is 20.4 Å². The van der Waals surface area contributed by atoms with E-state index in [4.69, 9.17) is 4.99 Å². The molecule has 1 aliphatic heterocycles. The number of nitrogens with one attached hydrogen (secondary N) is 2. The maximum absolute atomic E-state index is 4.80. The molecule has 6 nitrogen and oxygen atoms in total. The third-order valence-electron chi connectivity index (χ3n) is 4.65. The highest BCUT2D eigenvalue weighted by molar-refractivity contribution is 14.0. The molecule has 0 aliphatic carbocycles. The van der Waals surface area contributed by atoms with Gasteiger partial charge in [0.1, 0.15) is 5.82 Å². The second-order valence-corrected chi connectivity index (χ2v) is 8.21. The summed E-state index contributed by atoms with van der Waals surface area (Å²) in [6.07, 6.45) is 1.88. The Morgan fingerprint density at radius 1 is 1.18 bits per heavy atom. The van der Waals surface area contributed by atoms with E-state index in [-0.39, 0.29) is 24.0 Å². The monoisotopic (exact) mass is 514 g/mol. The van der Waals surface area contributed by atoms with E-state index in [1.165, 1.54) is 15.3 Å².